The van der Waals surface area contributed by atoms with Gasteiger partial charge in [0, 0.05) is 5.38 Å². The molecule has 17 heavy (non-hydrogen) atoms. The molecule has 0 aliphatic carbocycles. The van der Waals surface area contributed by atoms with Crippen molar-refractivity contribution in [3.05, 3.63) is 52.0 Å². The Labute approximate surface area is 101 Å². The van der Waals surface area contributed by atoms with Crippen LogP contribution >= 0.6 is 11.3 Å². The molecule has 0 radical (unpaired) electrons. The summed E-state index contributed by atoms with van der Waals surface area (Å²) in [7, 11) is 0. The highest BCUT2D eigenvalue weighted by atomic mass is 32.1. The van der Waals surface area contributed by atoms with Crippen molar-refractivity contribution in [1.29, 1.82) is 0 Å². The van der Waals surface area contributed by atoms with E-state index in [0.717, 1.165) is 17.8 Å². The highest BCUT2D eigenvalue weighted by Gasteiger charge is 2.15. The van der Waals surface area contributed by atoms with Gasteiger partial charge in [0.05, 0.1) is 17.2 Å². The summed E-state index contributed by atoms with van der Waals surface area (Å²) in [6, 6.07) is 3.05. The van der Waals surface area contributed by atoms with Crippen LogP contribution in [0.5, 0.6) is 0 Å². The maximum Gasteiger partial charge on any atom is 0.126 e. The lowest BCUT2D eigenvalue weighted by Crippen LogP contribution is -2.30. The number of hydrogen-bond donors (Lipinski definition) is 2. The molecule has 3 nitrogen and oxygen atoms in total. The number of hydrazine groups is 1. The average molecular weight is 255 g/mol. The highest BCUT2D eigenvalue weighted by molar-refractivity contribution is 7.07. The first-order valence-electron chi connectivity index (χ1n) is 4.99. The third kappa shape index (κ3) is 2.85. The molecule has 3 N–H and O–H groups in total. The highest BCUT2D eigenvalue weighted by Crippen LogP contribution is 2.20. The van der Waals surface area contributed by atoms with Crippen LogP contribution in [0.25, 0.3) is 0 Å². The molecule has 1 aromatic heterocycles. The van der Waals surface area contributed by atoms with Gasteiger partial charge in [0.2, 0.25) is 0 Å². The van der Waals surface area contributed by atoms with Gasteiger partial charge in [0.1, 0.15) is 11.6 Å². The second-order valence-corrected chi connectivity index (χ2v) is 4.29. The van der Waals surface area contributed by atoms with Crippen LogP contribution in [0.2, 0.25) is 0 Å². The van der Waals surface area contributed by atoms with E-state index in [1.807, 2.05) is 5.38 Å². The third-order valence-corrected chi connectivity index (χ3v) is 3.05. The summed E-state index contributed by atoms with van der Waals surface area (Å²) in [5, 5.41) is 1.82. The summed E-state index contributed by atoms with van der Waals surface area (Å²) in [6.07, 6.45) is 0.254. The molecule has 0 spiro atoms. The van der Waals surface area contributed by atoms with Crippen LogP contribution in [0.3, 0.4) is 0 Å². The Kier molecular flexibility index (Phi) is 3.78. The van der Waals surface area contributed by atoms with Gasteiger partial charge in [0.25, 0.3) is 0 Å². The van der Waals surface area contributed by atoms with Crippen molar-refractivity contribution in [2.24, 2.45) is 5.84 Å². The molecule has 90 valence electrons. The third-order valence-electron chi connectivity index (χ3n) is 2.44. The van der Waals surface area contributed by atoms with Crippen molar-refractivity contribution < 1.29 is 8.78 Å². The van der Waals surface area contributed by atoms with Gasteiger partial charge in [-0.05, 0) is 30.2 Å². The number of halogens is 2. The van der Waals surface area contributed by atoms with Crippen molar-refractivity contribution in [3.8, 4) is 0 Å². The number of nitrogens with two attached hydrogens (primary N) is 1. The normalized spacial score (nSPS) is 12.6. The topological polar surface area (TPSA) is 50.9 Å². The van der Waals surface area contributed by atoms with Crippen LogP contribution in [0, 0.1) is 11.6 Å². The van der Waals surface area contributed by atoms with E-state index in [9.17, 15) is 8.78 Å². The predicted molar refractivity (Wildman–Crippen MR) is 62.2 cm³/mol. The molecule has 0 aliphatic rings. The van der Waals surface area contributed by atoms with E-state index in [-0.39, 0.29) is 18.0 Å². The second-order valence-electron chi connectivity index (χ2n) is 3.57. The van der Waals surface area contributed by atoms with E-state index in [4.69, 9.17) is 5.84 Å². The van der Waals surface area contributed by atoms with Gasteiger partial charge < -0.3 is 0 Å². The minimum Gasteiger partial charge on any atom is -0.271 e. The predicted octanol–water partition coefficient (Wildman–Crippen LogP) is 2.17. The van der Waals surface area contributed by atoms with Crippen molar-refractivity contribution >= 4 is 11.3 Å². The zero-order valence-electron chi connectivity index (χ0n) is 8.86. The molecule has 1 aromatic carbocycles. The molecule has 1 atom stereocenters. The van der Waals surface area contributed by atoms with Crippen LogP contribution in [0.1, 0.15) is 17.3 Å². The first kappa shape index (κ1) is 12.1. The molecule has 1 unspecified atom stereocenters. The number of nitrogens with zero attached hydrogens (tertiary/aromatic N) is 1. The van der Waals surface area contributed by atoms with Crippen LogP contribution in [0.4, 0.5) is 8.78 Å². The average Bonchev–Trinajstić information content (AvgIpc) is 2.84. The molecular weight excluding hydrogens is 244 g/mol. The van der Waals surface area contributed by atoms with Gasteiger partial charge in [-0.2, -0.15) is 0 Å². The monoisotopic (exact) mass is 255 g/mol. The van der Waals surface area contributed by atoms with Gasteiger partial charge in [0.15, 0.2) is 0 Å². The van der Waals surface area contributed by atoms with Crippen molar-refractivity contribution in [3.63, 3.8) is 0 Å². The molecule has 0 amide bonds. The fraction of sp³-hybridized carbons (Fsp3) is 0.182. The number of benzene rings is 1. The van der Waals surface area contributed by atoms with Gasteiger partial charge >= 0.3 is 0 Å². The SMILES string of the molecule is NNC(Cc1cc(F)ccc1F)c1cscn1. The summed E-state index contributed by atoms with van der Waals surface area (Å²) in [5.41, 5.74) is 5.22. The minimum absolute atomic E-state index is 0.254. The molecule has 0 aliphatic heterocycles. The summed E-state index contributed by atoms with van der Waals surface area (Å²) in [4.78, 5) is 4.10. The Hall–Kier alpha value is -1.37. The van der Waals surface area contributed by atoms with Crippen LogP contribution < -0.4 is 11.3 Å². The maximum atomic E-state index is 13.5. The fourth-order valence-electron chi connectivity index (χ4n) is 1.56. The quantitative estimate of drug-likeness (QED) is 0.650. The Morgan fingerprint density at radius 1 is 1.41 bits per heavy atom. The number of thiazole rings is 1. The van der Waals surface area contributed by atoms with Gasteiger partial charge in [-0.15, -0.1) is 11.3 Å². The summed E-state index contributed by atoms with van der Waals surface area (Å²) in [6.45, 7) is 0. The van der Waals surface area contributed by atoms with Crippen molar-refractivity contribution in [2.45, 2.75) is 12.5 Å². The fourth-order valence-corrected chi connectivity index (χ4v) is 2.17. The number of aromatic nitrogens is 1. The Morgan fingerprint density at radius 2 is 2.24 bits per heavy atom. The van der Waals surface area contributed by atoms with Crippen molar-refractivity contribution in [1.82, 2.24) is 10.4 Å². The molecule has 0 saturated carbocycles. The van der Waals surface area contributed by atoms with E-state index < -0.39 is 11.6 Å². The number of nitrogens with one attached hydrogen (secondary N) is 1. The lowest BCUT2D eigenvalue weighted by atomic mass is 10.0. The molecule has 0 saturated heterocycles. The zero-order chi connectivity index (χ0) is 12.3. The zero-order valence-corrected chi connectivity index (χ0v) is 9.68. The summed E-state index contributed by atoms with van der Waals surface area (Å²) >= 11 is 1.43. The molecule has 2 aromatic rings. The lowest BCUT2D eigenvalue weighted by molar-refractivity contribution is 0.515. The Bertz CT molecular complexity index is 487. The number of rotatable bonds is 4. The summed E-state index contributed by atoms with van der Waals surface area (Å²) < 4.78 is 26.5. The van der Waals surface area contributed by atoms with Crippen LogP contribution in [-0.2, 0) is 6.42 Å². The minimum atomic E-state index is -0.463. The summed E-state index contributed by atoms with van der Waals surface area (Å²) in [5.74, 6) is 4.49. The molecule has 2 rings (SSSR count). The van der Waals surface area contributed by atoms with E-state index >= 15 is 0 Å². The van der Waals surface area contributed by atoms with Gasteiger partial charge in [-0.25, -0.2) is 13.8 Å². The van der Waals surface area contributed by atoms with Crippen LogP contribution in [-0.4, -0.2) is 4.98 Å². The van der Waals surface area contributed by atoms with E-state index in [1.165, 1.54) is 17.4 Å². The first-order valence-corrected chi connectivity index (χ1v) is 5.93. The van der Waals surface area contributed by atoms with E-state index in [2.05, 4.69) is 10.4 Å². The smallest absolute Gasteiger partial charge is 0.126 e. The number of hydrogen-bond acceptors (Lipinski definition) is 4. The van der Waals surface area contributed by atoms with Gasteiger partial charge in [-0.1, -0.05) is 0 Å². The largest absolute Gasteiger partial charge is 0.271 e. The van der Waals surface area contributed by atoms with Gasteiger partial charge in [-0.3, -0.25) is 11.3 Å². The van der Waals surface area contributed by atoms with Crippen LogP contribution in [0.15, 0.2) is 29.1 Å². The van der Waals surface area contributed by atoms with E-state index in [1.54, 1.807) is 5.51 Å². The molecule has 0 bridgehead atoms. The molecule has 0 fully saturated rings. The molecular formula is C11H11F2N3S. The standard InChI is InChI=1S/C11H11F2N3S/c12-8-1-2-9(13)7(3-8)4-10(16-14)11-5-17-6-15-11/h1-3,5-6,10,16H,4,14H2. The Morgan fingerprint density at radius 3 is 2.88 bits per heavy atom. The molecule has 1 heterocycles. The lowest BCUT2D eigenvalue weighted by Gasteiger charge is -2.14. The van der Waals surface area contributed by atoms with E-state index in [0.29, 0.717) is 0 Å². The first-order chi connectivity index (χ1) is 8.20. The van der Waals surface area contributed by atoms with Crippen molar-refractivity contribution in [2.75, 3.05) is 0 Å². The Balaban J connectivity index is 2.21. The molecule has 6 heteroatoms. The second kappa shape index (κ2) is 5.31. The maximum absolute atomic E-state index is 13.5.